The first-order valence-corrected chi connectivity index (χ1v) is 7.96. The Balaban J connectivity index is 2.29. The van der Waals surface area contributed by atoms with Gasteiger partial charge in [0.2, 0.25) is 0 Å². The van der Waals surface area contributed by atoms with Crippen LogP contribution in [0.15, 0.2) is 22.7 Å². The fraction of sp³-hybridized carbons (Fsp3) is 0.462. The molecule has 1 atom stereocenters. The smallest absolute Gasteiger partial charge is 0.124 e. The van der Waals surface area contributed by atoms with Crippen LogP contribution in [0, 0.1) is 5.41 Å². The van der Waals surface area contributed by atoms with Crippen LogP contribution in [-0.2, 0) is 0 Å². The Hall–Kier alpha value is -0.680. The molecule has 3 nitrogen and oxygen atoms in total. The predicted molar refractivity (Wildman–Crippen MR) is 83.9 cm³/mol. The van der Waals surface area contributed by atoms with E-state index in [9.17, 15) is 0 Å². The zero-order valence-corrected chi connectivity index (χ0v) is 12.9. The quantitative estimate of drug-likeness (QED) is 0.662. The summed E-state index contributed by atoms with van der Waals surface area (Å²) >= 11 is 5.48. The van der Waals surface area contributed by atoms with Gasteiger partial charge in [-0.05, 0) is 24.6 Å². The number of nitrogens with two attached hydrogens (primary N) is 1. The molecule has 0 spiro atoms. The first kappa shape index (κ1) is 13.7. The van der Waals surface area contributed by atoms with Crippen molar-refractivity contribution in [1.29, 1.82) is 5.41 Å². The predicted octanol–water partition coefficient (Wildman–Crippen LogP) is 3.06. The minimum Gasteiger partial charge on any atom is -0.384 e. The van der Waals surface area contributed by atoms with Gasteiger partial charge in [0.25, 0.3) is 0 Å². The average Bonchev–Trinajstić information content (AvgIpc) is 2.38. The van der Waals surface area contributed by atoms with E-state index in [1.807, 2.05) is 23.9 Å². The third-order valence-corrected chi connectivity index (χ3v) is 5.05. The van der Waals surface area contributed by atoms with E-state index < -0.39 is 0 Å². The van der Waals surface area contributed by atoms with Crippen molar-refractivity contribution in [2.45, 2.75) is 18.6 Å². The lowest BCUT2D eigenvalue weighted by atomic mass is 10.1. The van der Waals surface area contributed by atoms with Gasteiger partial charge in [0.05, 0.1) is 0 Å². The van der Waals surface area contributed by atoms with Crippen LogP contribution in [0.3, 0.4) is 0 Å². The molecular formula is C13H18BrN3S. The fourth-order valence-corrected chi connectivity index (χ4v) is 3.73. The molecule has 0 amide bonds. The molecule has 0 saturated carbocycles. The molecule has 0 bridgehead atoms. The molecule has 18 heavy (non-hydrogen) atoms. The van der Waals surface area contributed by atoms with Gasteiger partial charge >= 0.3 is 0 Å². The number of benzene rings is 1. The highest BCUT2D eigenvalue weighted by Gasteiger charge is 2.21. The lowest BCUT2D eigenvalue weighted by Gasteiger charge is -2.34. The number of hydrogen-bond acceptors (Lipinski definition) is 3. The molecule has 98 valence electrons. The van der Waals surface area contributed by atoms with E-state index in [0.29, 0.717) is 5.25 Å². The number of hydrogen-bond donors (Lipinski definition) is 2. The second-order valence-corrected chi connectivity index (χ2v) is 6.75. The summed E-state index contributed by atoms with van der Waals surface area (Å²) in [5.74, 6) is 1.28. The van der Waals surface area contributed by atoms with Crippen molar-refractivity contribution in [3.63, 3.8) is 0 Å². The molecule has 1 unspecified atom stereocenters. The molecule has 0 aromatic heterocycles. The summed E-state index contributed by atoms with van der Waals surface area (Å²) in [7, 11) is 0. The van der Waals surface area contributed by atoms with Crippen molar-refractivity contribution < 1.29 is 0 Å². The van der Waals surface area contributed by atoms with E-state index in [2.05, 4.69) is 33.8 Å². The zero-order chi connectivity index (χ0) is 13.1. The Morgan fingerprint density at radius 1 is 1.61 bits per heavy atom. The summed E-state index contributed by atoms with van der Waals surface area (Å²) in [5.41, 5.74) is 7.60. The topological polar surface area (TPSA) is 53.1 Å². The number of halogens is 1. The van der Waals surface area contributed by atoms with Crippen LogP contribution in [0.2, 0.25) is 0 Å². The number of rotatable bonds is 3. The number of nitrogens with zero attached hydrogens (tertiary/aromatic N) is 1. The largest absolute Gasteiger partial charge is 0.384 e. The standard InChI is InChI=1S/C13H18BrN3S/c1-2-10-8-17(5-6-18-10)12-4-3-9(14)7-11(12)13(15)16/h3-4,7,10H,2,5-6,8H2,1H3,(H3,15,16). The normalized spacial score (nSPS) is 19.9. The molecular weight excluding hydrogens is 310 g/mol. The zero-order valence-electron chi connectivity index (χ0n) is 10.4. The Morgan fingerprint density at radius 3 is 3.06 bits per heavy atom. The molecule has 2 rings (SSSR count). The van der Waals surface area contributed by atoms with Gasteiger partial charge in [0.1, 0.15) is 5.84 Å². The van der Waals surface area contributed by atoms with Gasteiger partial charge in [-0.3, -0.25) is 5.41 Å². The summed E-state index contributed by atoms with van der Waals surface area (Å²) in [6, 6.07) is 6.01. The highest BCUT2D eigenvalue weighted by Crippen LogP contribution is 2.29. The second-order valence-electron chi connectivity index (χ2n) is 4.42. The Bertz CT molecular complexity index is 450. The van der Waals surface area contributed by atoms with Gasteiger partial charge in [-0.1, -0.05) is 22.9 Å². The third kappa shape index (κ3) is 3.01. The minimum absolute atomic E-state index is 0.137. The molecule has 1 aromatic carbocycles. The molecule has 3 N–H and O–H groups in total. The van der Waals surface area contributed by atoms with Gasteiger partial charge in [0.15, 0.2) is 0 Å². The van der Waals surface area contributed by atoms with E-state index in [-0.39, 0.29) is 5.84 Å². The number of thioether (sulfide) groups is 1. The number of anilines is 1. The molecule has 1 heterocycles. The Morgan fingerprint density at radius 2 is 2.39 bits per heavy atom. The SMILES string of the molecule is CCC1CN(c2ccc(Br)cc2C(=N)N)CCS1. The lowest BCUT2D eigenvalue weighted by molar-refractivity contribution is 0.728. The van der Waals surface area contributed by atoms with Crippen LogP contribution in [0.5, 0.6) is 0 Å². The fourth-order valence-electron chi connectivity index (χ4n) is 2.18. The van der Waals surface area contributed by atoms with Crippen molar-refractivity contribution >= 4 is 39.2 Å². The first-order valence-electron chi connectivity index (χ1n) is 6.12. The molecule has 0 aliphatic carbocycles. The molecule has 0 radical (unpaired) electrons. The van der Waals surface area contributed by atoms with E-state index in [1.54, 1.807) is 0 Å². The first-order chi connectivity index (χ1) is 8.61. The molecule has 1 fully saturated rings. The average molecular weight is 328 g/mol. The van der Waals surface area contributed by atoms with Crippen LogP contribution in [0.25, 0.3) is 0 Å². The van der Waals surface area contributed by atoms with Crippen molar-refractivity contribution in [2.24, 2.45) is 5.73 Å². The van der Waals surface area contributed by atoms with Crippen molar-refractivity contribution in [3.8, 4) is 0 Å². The highest BCUT2D eigenvalue weighted by molar-refractivity contribution is 9.10. The summed E-state index contributed by atoms with van der Waals surface area (Å²) in [4.78, 5) is 2.36. The van der Waals surface area contributed by atoms with Crippen molar-refractivity contribution in [2.75, 3.05) is 23.7 Å². The molecule has 1 saturated heterocycles. The van der Waals surface area contributed by atoms with Crippen molar-refractivity contribution in [1.82, 2.24) is 0 Å². The van der Waals surface area contributed by atoms with Crippen molar-refractivity contribution in [3.05, 3.63) is 28.2 Å². The number of nitrogen functional groups attached to an aromatic ring is 1. The van der Waals surface area contributed by atoms with Crippen LogP contribution in [-0.4, -0.2) is 29.9 Å². The van der Waals surface area contributed by atoms with Crippen LogP contribution in [0.4, 0.5) is 5.69 Å². The molecule has 1 aliphatic rings. The lowest BCUT2D eigenvalue weighted by Crippen LogP contribution is -2.38. The Kier molecular flexibility index (Phi) is 4.56. The van der Waals surface area contributed by atoms with Crippen LogP contribution < -0.4 is 10.6 Å². The molecule has 1 aromatic rings. The van der Waals surface area contributed by atoms with E-state index in [4.69, 9.17) is 11.1 Å². The summed E-state index contributed by atoms with van der Waals surface area (Å²) < 4.78 is 0.967. The highest BCUT2D eigenvalue weighted by atomic mass is 79.9. The Labute approximate surface area is 121 Å². The summed E-state index contributed by atoms with van der Waals surface area (Å²) in [5, 5.41) is 8.39. The maximum absolute atomic E-state index is 7.71. The van der Waals surface area contributed by atoms with E-state index >= 15 is 0 Å². The monoisotopic (exact) mass is 327 g/mol. The number of amidine groups is 1. The molecule has 5 heteroatoms. The van der Waals surface area contributed by atoms with E-state index in [0.717, 1.165) is 34.6 Å². The van der Waals surface area contributed by atoms with Crippen LogP contribution >= 0.6 is 27.7 Å². The van der Waals surface area contributed by atoms with Crippen LogP contribution in [0.1, 0.15) is 18.9 Å². The summed E-state index contributed by atoms with van der Waals surface area (Å²) in [6.07, 6.45) is 1.19. The van der Waals surface area contributed by atoms with E-state index in [1.165, 1.54) is 6.42 Å². The summed E-state index contributed by atoms with van der Waals surface area (Å²) in [6.45, 7) is 4.31. The maximum Gasteiger partial charge on any atom is 0.124 e. The maximum atomic E-state index is 7.71. The number of nitrogens with one attached hydrogen (secondary N) is 1. The van der Waals surface area contributed by atoms with Gasteiger partial charge in [-0.25, -0.2) is 0 Å². The van der Waals surface area contributed by atoms with Gasteiger partial charge in [-0.15, -0.1) is 0 Å². The third-order valence-electron chi connectivity index (χ3n) is 3.18. The second kappa shape index (κ2) is 5.97. The van der Waals surface area contributed by atoms with Gasteiger partial charge in [-0.2, -0.15) is 11.8 Å². The van der Waals surface area contributed by atoms with Gasteiger partial charge in [0, 0.05) is 39.8 Å². The minimum atomic E-state index is 0.137. The van der Waals surface area contributed by atoms with Gasteiger partial charge < -0.3 is 10.6 Å². The molecule has 1 aliphatic heterocycles.